The monoisotopic (exact) mass is 334 g/mol. The van der Waals surface area contributed by atoms with Gasteiger partial charge in [-0.05, 0) is 24.6 Å². The van der Waals surface area contributed by atoms with Gasteiger partial charge in [-0.2, -0.15) is 0 Å². The van der Waals surface area contributed by atoms with E-state index in [0.29, 0.717) is 19.8 Å². The fourth-order valence-corrected chi connectivity index (χ4v) is 3.35. The number of rotatable bonds is 5. The number of fused-ring (bicyclic) bond motifs is 3. The van der Waals surface area contributed by atoms with Gasteiger partial charge in [0.05, 0.1) is 32.3 Å². The summed E-state index contributed by atoms with van der Waals surface area (Å²) in [6, 6.07) is 6.05. The number of aryl methyl sites for hydroxylation is 1. The van der Waals surface area contributed by atoms with Crippen LogP contribution in [0.4, 0.5) is 0 Å². The molecule has 1 aromatic rings. The summed E-state index contributed by atoms with van der Waals surface area (Å²) in [7, 11) is 3.53. The van der Waals surface area contributed by atoms with Crippen LogP contribution in [0.5, 0.6) is 11.5 Å². The third-order valence-electron chi connectivity index (χ3n) is 4.81. The molecule has 0 unspecified atom stereocenters. The first kappa shape index (κ1) is 17.0. The highest BCUT2D eigenvalue weighted by molar-refractivity contribution is 5.79. The molecule has 0 radical (unpaired) electrons. The molecule has 132 valence electrons. The van der Waals surface area contributed by atoms with Crippen LogP contribution in [0.3, 0.4) is 0 Å². The van der Waals surface area contributed by atoms with Crippen molar-refractivity contribution >= 4 is 5.91 Å². The summed E-state index contributed by atoms with van der Waals surface area (Å²) in [4.78, 5) is 16.5. The standard InChI is InChI=1S/C18H26N2O4/c1-13-4-5-16(17(8-13)22-3)24-7-6-20-9-14-11-23-12-15(10-20)19(2)18(14)21/h4-5,8,14-15H,6-7,9-12H2,1-3H3/t14-,15+/m1/s1. The molecule has 0 aromatic heterocycles. The van der Waals surface area contributed by atoms with Gasteiger partial charge in [0.15, 0.2) is 11.5 Å². The number of benzene rings is 1. The van der Waals surface area contributed by atoms with Crippen molar-refractivity contribution in [1.29, 1.82) is 0 Å². The van der Waals surface area contributed by atoms with E-state index < -0.39 is 0 Å². The van der Waals surface area contributed by atoms with Gasteiger partial charge in [0.25, 0.3) is 0 Å². The maximum absolute atomic E-state index is 12.4. The molecule has 2 aliphatic heterocycles. The van der Waals surface area contributed by atoms with Crippen LogP contribution in [-0.4, -0.2) is 75.4 Å². The van der Waals surface area contributed by atoms with Crippen LogP contribution in [0.2, 0.25) is 0 Å². The largest absolute Gasteiger partial charge is 0.493 e. The molecule has 24 heavy (non-hydrogen) atoms. The Kier molecular flexibility index (Phi) is 5.26. The van der Waals surface area contributed by atoms with E-state index in [1.165, 1.54) is 0 Å². The summed E-state index contributed by atoms with van der Waals surface area (Å²) >= 11 is 0. The molecule has 2 bridgehead atoms. The number of hydrogen-bond donors (Lipinski definition) is 0. The summed E-state index contributed by atoms with van der Waals surface area (Å²) < 4.78 is 16.9. The maximum atomic E-state index is 12.4. The zero-order valence-electron chi connectivity index (χ0n) is 14.7. The molecule has 0 aliphatic carbocycles. The van der Waals surface area contributed by atoms with Crippen LogP contribution in [0, 0.1) is 12.8 Å². The fraction of sp³-hybridized carbons (Fsp3) is 0.611. The Balaban J connectivity index is 1.58. The van der Waals surface area contributed by atoms with Gasteiger partial charge in [-0.15, -0.1) is 0 Å². The van der Waals surface area contributed by atoms with Gasteiger partial charge >= 0.3 is 0 Å². The van der Waals surface area contributed by atoms with Crippen molar-refractivity contribution in [3.05, 3.63) is 23.8 Å². The minimum absolute atomic E-state index is 0.0728. The second-order valence-electron chi connectivity index (χ2n) is 6.60. The lowest BCUT2D eigenvalue weighted by Gasteiger charge is -2.29. The number of carbonyl (C=O) groups is 1. The number of ether oxygens (including phenoxy) is 3. The Morgan fingerprint density at radius 1 is 1.25 bits per heavy atom. The van der Waals surface area contributed by atoms with E-state index in [0.717, 1.165) is 36.7 Å². The lowest BCUT2D eigenvalue weighted by molar-refractivity contribution is -0.133. The minimum atomic E-state index is -0.0728. The van der Waals surface area contributed by atoms with E-state index in [-0.39, 0.29) is 17.9 Å². The number of methoxy groups -OCH3 is 1. The number of carbonyl (C=O) groups excluding carboxylic acids is 1. The molecule has 2 fully saturated rings. The van der Waals surface area contributed by atoms with Crippen LogP contribution in [0.15, 0.2) is 18.2 Å². The average molecular weight is 334 g/mol. The Morgan fingerprint density at radius 3 is 2.88 bits per heavy atom. The van der Waals surface area contributed by atoms with Crippen molar-refractivity contribution in [3.63, 3.8) is 0 Å². The molecular formula is C18H26N2O4. The Labute approximate surface area is 143 Å². The number of nitrogens with zero attached hydrogens (tertiary/aromatic N) is 2. The normalized spacial score (nSPS) is 24.6. The van der Waals surface area contributed by atoms with E-state index in [2.05, 4.69) is 4.90 Å². The van der Waals surface area contributed by atoms with E-state index >= 15 is 0 Å². The van der Waals surface area contributed by atoms with Crippen molar-refractivity contribution in [2.45, 2.75) is 13.0 Å². The maximum Gasteiger partial charge on any atom is 0.229 e. The van der Waals surface area contributed by atoms with Gasteiger partial charge in [0, 0.05) is 26.7 Å². The number of amides is 1. The van der Waals surface area contributed by atoms with Crippen LogP contribution in [0.1, 0.15) is 5.56 Å². The van der Waals surface area contributed by atoms with E-state index in [9.17, 15) is 4.79 Å². The zero-order chi connectivity index (χ0) is 17.1. The van der Waals surface area contributed by atoms with Crippen molar-refractivity contribution < 1.29 is 19.0 Å². The number of likely N-dealkylation sites (N-methyl/N-ethyl adjacent to an activating group) is 1. The molecule has 2 saturated heterocycles. The van der Waals surface area contributed by atoms with Gasteiger partial charge in [0.1, 0.15) is 6.61 Å². The van der Waals surface area contributed by atoms with Crippen LogP contribution >= 0.6 is 0 Å². The molecule has 3 rings (SSSR count). The van der Waals surface area contributed by atoms with Gasteiger partial charge in [-0.3, -0.25) is 9.69 Å². The van der Waals surface area contributed by atoms with Crippen LogP contribution < -0.4 is 9.47 Å². The number of hydrogen-bond acceptors (Lipinski definition) is 5. The molecule has 6 heteroatoms. The molecule has 6 nitrogen and oxygen atoms in total. The molecule has 1 amide bonds. The highest BCUT2D eigenvalue weighted by Crippen LogP contribution is 2.27. The Morgan fingerprint density at radius 2 is 2.08 bits per heavy atom. The van der Waals surface area contributed by atoms with E-state index in [1.807, 2.05) is 37.1 Å². The summed E-state index contributed by atoms with van der Waals surface area (Å²) in [6.07, 6.45) is 0. The van der Waals surface area contributed by atoms with Crippen molar-refractivity contribution in [2.24, 2.45) is 5.92 Å². The Bertz CT molecular complexity index is 592. The van der Waals surface area contributed by atoms with Gasteiger partial charge in [0.2, 0.25) is 5.91 Å². The lowest BCUT2D eigenvalue weighted by Crippen LogP contribution is -2.44. The van der Waals surface area contributed by atoms with Gasteiger partial charge < -0.3 is 19.1 Å². The smallest absolute Gasteiger partial charge is 0.229 e. The average Bonchev–Trinajstić information content (AvgIpc) is 2.74. The first-order valence-electron chi connectivity index (χ1n) is 8.42. The van der Waals surface area contributed by atoms with Gasteiger partial charge in [-0.1, -0.05) is 6.07 Å². The predicted molar refractivity (Wildman–Crippen MR) is 90.5 cm³/mol. The molecule has 1 aromatic carbocycles. The summed E-state index contributed by atoms with van der Waals surface area (Å²) in [5.41, 5.74) is 1.14. The SMILES string of the molecule is COc1cc(C)ccc1OCCN1C[C@@H]2COC[C@H](C1)N(C)C2=O. The van der Waals surface area contributed by atoms with Crippen LogP contribution in [0.25, 0.3) is 0 Å². The quantitative estimate of drug-likeness (QED) is 0.809. The third-order valence-corrected chi connectivity index (χ3v) is 4.81. The molecule has 0 N–H and O–H groups in total. The van der Waals surface area contributed by atoms with E-state index in [4.69, 9.17) is 14.2 Å². The topological polar surface area (TPSA) is 51.2 Å². The molecule has 0 saturated carbocycles. The Hall–Kier alpha value is -1.79. The van der Waals surface area contributed by atoms with Crippen molar-refractivity contribution in [2.75, 3.05) is 53.6 Å². The lowest BCUT2D eigenvalue weighted by atomic mass is 10.1. The van der Waals surface area contributed by atoms with E-state index in [1.54, 1.807) is 7.11 Å². The second kappa shape index (κ2) is 7.40. The molecule has 0 spiro atoms. The first-order valence-corrected chi connectivity index (χ1v) is 8.42. The third kappa shape index (κ3) is 3.65. The zero-order valence-corrected chi connectivity index (χ0v) is 14.7. The molecule has 2 heterocycles. The van der Waals surface area contributed by atoms with Crippen molar-refractivity contribution in [1.82, 2.24) is 9.80 Å². The predicted octanol–water partition coefficient (Wildman–Crippen LogP) is 1.17. The molecule has 2 aliphatic rings. The van der Waals surface area contributed by atoms with Gasteiger partial charge in [-0.25, -0.2) is 0 Å². The summed E-state index contributed by atoms with van der Waals surface area (Å²) in [5.74, 6) is 1.64. The minimum Gasteiger partial charge on any atom is -0.493 e. The highest BCUT2D eigenvalue weighted by Gasteiger charge is 2.36. The van der Waals surface area contributed by atoms with Crippen molar-refractivity contribution in [3.8, 4) is 11.5 Å². The summed E-state index contributed by atoms with van der Waals surface area (Å²) in [5, 5.41) is 0. The highest BCUT2D eigenvalue weighted by atomic mass is 16.5. The first-order chi connectivity index (χ1) is 11.6. The summed E-state index contributed by atoms with van der Waals surface area (Å²) in [6.45, 7) is 6.06. The van der Waals surface area contributed by atoms with Crippen LogP contribution in [-0.2, 0) is 9.53 Å². The molecule has 2 atom stereocenters. The second-order valence-corrected chi connectivity index (χ2v) is 6.60. The molecular weight excluding hydrogens is 308 g/mol. The fourth-order valence-electron chi connectivity index (χ4n) is 3.35.